The Morgan fingerprint density at radius 3 is 2.57 bits per heavy atom. The zero-order valence-electron chi connectivity index (χ0n) is 17.0. The van der Waals surface area contributed by atoms with Gasteiger partial charge in [-0.05, 0) is 62.8 Å². The second-order valence-corrected chi connectivity index (χ2v) is 7.80. The van der Waals surface area contributed by atoms with Crippen molar-refractivity contribution in [3.8, 4) is 23.1 Å². The number of ether oxygens (including phenoxy) is 1. The van der Waals surface area contributed by atoms with Crippen LogP contribution in [0.5, 0.6) is 5.75 Å². The number of rotatable bonds is 3. The molecule has 3 aromatic rings. The van der Waals surface area contributed by atoms with E-state index in [1.165, 1.54) is 31.2 Å². The molecule has 5 nitrogen and oxygen atoms in total. The van der Waals surface area contributed by atoms with Crippen LogP contribution in [0.3, 0.4) is 0 Å². The van der Waals surface area contributed by atoms with Gasteiger partial charge in [-0.25, -0.2) is 4.52 Å². The predicted octanol–water partition coefficient (Wildman–Crippen LogP) is 5.05. The number of nitrogens with zero attached hydrogens (tertiary/aromatic N) is 3. The summed E-state index contributed by atoms with van der Waals surface area (Å²) in [6.45, 7) is 6.13. The van der Waals surface area contributed by atoms with Crippen LogP contribution in [0.4, 0.5) is 5.69 Å². The van der Waals surface area contributed by atoms with E-state index >= 15 is 0 Å². The number of hydrogen-bond donors (Lipinski definition) is 1. The molecule has 0 atom stereocenters. The number of nitriles is 1. The molecule has 0 unspecified atom stereocenters. The van der Waals surface area contributed by atoms with Crippen LogP contribution in [0.15, 0.2) is 18.2 Å². The van der Waals surface area contributed by atoms with E-state index < -0.39 is 0 Å². The lowest BCUT2D eigenvalue weighted by atomic mass is 9.96. The maximum atomic E-state index is 9.85. The van der Waals surface area contributed by atoms with Crippen molar-refractivity contribution in [1.82, 2.24) is 9.61 Å². The van der Waals surface area contributed by atoms with Gasteiger partial charge in [-0.3, -0.25) is 0 Å². The Morgan fingerprint density at radius 2 is 1.93 bits per heavy atom. The summed E-state index contributed by atoms with van der Waals surface area (Å²) in [6.07, 6.45) is 4.91. The molecular formula is C23H26N4O. The van der Waals surface area contributed by atoms with Gasteiger partial charge < -0.3 is 10.5 Å². The fourth-order valence-electron chi connectivity index (χ4n) is 4.72. The molecule has 2 heterocycles. The highest BCUT2D eigenvalue weighted by atomic mass is 16.5. The minimum atomic E-state index is 0.484. The first-order chi connectivity index (χ1) is 13.5. The van der Waals surface area contributed by atoms with E-state index in [4.69, 9.17) is 15.6 Å². The van der Waals surface area contributed by atoms with Crippen molar-refractivity contribution in [3.63, 3.8) is 0 Å². The zero-order valence-corrected chi connectivity index (χ0v) is 17.0. The third-order valence-corrected chi connectivity index (χ3v) is 6.17. The van der Waals surface area contributed by atoms with Crippen molar-refractivity contribution in [1.29, 1.82) is 5.26 Å². The molecule has 144 valence electrons. The van der Waals surface area contributed by atoms with E-state index in [2.05, 4.69) is 19.1 Å². The molecule has 0 aliphatic heterocycles. The van der Waals surface area contributed by atoms with Gasteiger partial charge in [0.1, 0.15) is 17.4 Å². The summed E-state index contributed by atoms with van der Waals surface area (Å²) >= 11 is 0. The predicted molar refractivity (Wildman–Crippen MR) is 112 cm³/mol. The molecule has 1 fully saturated rings. The van der Waals surface area contributed by atoms with Gasteiger partial charge >= 0.3 is 0 Å². The zero-order chi connectivity index (χ0) is 20.0. The quantitative estimate of drug-likeness (QED) is 0.696. The topological polar surface area (TPSA) is 76.3 Å². The average Bonchev–Trinajstić information content (AvgIpc) is 3.28. The maximum absolute atomic E-state index is 9.85. The number of aromatic nitrogens is 2. The summed E-state index contributed by atoms with van der Waals surface area (Å²) in [5.74, 6) is 1.33. The van der Waals surface area contributed by atoms with Crippen molar-refractivity contribution in [3.05, 3.63) is 46.1 Å². The molecule has 4 rings (SSSR count). The standard InChI is InChI=1S/C23H26N4O/c1-13-9-10-20(28-4)14(2)21(13)23-22(25)18(12-24)19-11-17(15(3)26-27(19)23)16-7-5-6-8-16/h9-11,16H,5-8,25H2,1-4H3. The Bertz CT molecular complexity index is 1110. The van der Waals surface area contributed by atoms with E-state index in [1.54, 1.807) is 7.11 Å². The smallest absolute Gasteiger partial charge is 0.122 e. The molecule has 0 bridgehead atoms. The molecule has 1 aliphatic rings. The number of anilines is 1. The molecule has 5 heteroatoms. The molecule has 2 N–H and O–H groups in total. The number of aryl methyl sites for hydroxylation is 2. The first-order valence-electron chi connectivity index (χ1n) is 9.84. The van der Waals surface area contributed by atoms with Crippen LogP contribution in [-0.2, 0) is 0 Å². The van der Waals surface area contributed by atoms with Gasteiger partial charge in [0, 0.05) is 11.1 Å². The number of nitrogens with two attached hydrogens (primary N) is 1. The summed E-state index contributed by atoms with van der Waals surface area (Å²) in [5, 5.41) is 14.8. The minimum absolute atomic E-state index is 0.484. The molecule has 1 saturated carbocycles. The second-order valence-electron chi connectivity index (χ2n) is 7.80. The highest BCUT2D eigenvalue weighted by molar-refractivity contribution is 5.90. The summed E-state index contributed by atoms with van der Waals surface area (Å²) in [5.41, 5.74) is 14.4. The van der Waals surface area contributed by atoms with Gasteiger partial charge in [-0.1, -0.05) is 18.9 Å². The molecule has 0 spiro atoms. The molecular weight excluding hydrogens is 348 g/mol. The Labute approximate surface area is 165 Å². The molecule has 1 aliphatic carbocycles. The van der Waals surface area contributed by atoms with Gasteiger partial charge in [0.2, 0.25) is 0 Å². The van der Waals surface area contributed by atoms with Crippen LogP contribution in [0.1, 0.15) is 59.5 Å². The Hall–Kier alpha value is -3.00. The fraction of sp³-hybridized carbons (Fsp3) is 0.391. The fourth-order valence-corrected chi connectivity index (χ4v) is 4.72. The lowest BCUT2D eigenvalue weighted by Crippen LogP contribution is -2.05. The van der Waals surface area contributed by atoms with E-state index in [0.717, 1.165) is 39.3 Å². The van der Waals surface area contributed by atoms with E-state index in [0.29, 0.717) is 17.2 Å². The molecule has 0 amide bonds. The van der Waals surface area contributed by atoms with Gasteiger partial charge in [0.25, 0.3) is 0 Å². The largest absolute Gasteiger partial charge is 0.496 e. The van der Waals surface area contributed by atoms with Crippen molar-refractivity contribution < 1.29 is 4.74 Å². The number of fused-ring (bicyclic) bond motifs is 1. The SMILES string of the molecule is COc1ccc(C)c(-c2c(N)c(C#N)c3cc(C4CCCC4)c(C)nn23)c1C. The van der Waals surface area contributed by atoms with Crippen LogP contribution < -0.4 is 10.5 Å². The van der Waals surface area contributed by atoms with Crippen LogP contribution in [0, 0.1) is 32.1 Å². The number of nitrogen functional groups attached to an aromatic ring is 1. The van der Waals surface area contributed by atoms with Crippen molar-refractivity contribution in [2.24, 2.45) is 0 Å². The molecule has 0 saturated heterocycles. The van der Waals surface area contributed by atoms with Crippen LogP contribution in [-0.4, -0.2) is 16.7 Å². The van der Waals surface area contributed by atoms with Crippen molar-refractivity contribution in [2.45, 2.75) is 52.4 Å². The molecule has 2 aromatic heterocycles. The van der Waals surface area contributed by atoms with Gasteiger partial charge in [0.15, 0.2) is 0 Å². The Kier molecular flexibility index (Phi) is 4.50. The molecule has 0 radical (unpaired) electrons. The lowest BCUT2D eigenvalue weighted by Gasteiger charge is -2.16. The summed E-state index contributed by atoms with van der Waals surface area (Å²) in [6, 6.07) is 8.44. The second kappa shape index (κ2) is 6.87. The van der Waals surface area contributed by atoms with Crippen LogP contribution in [0.25, 0.3) is 16.8 Å². The van der Waals surface area contributed by atoms with E-state index in [-0.39, 0.29) is 0 Å². The highest BCUT2D eigenvalue weighted by Gasteiger charge is 2.26. The Balaban J connectivity index is 2.05. The van der Waals surface area contributed by atoms with E-state index in [1.807, 2.05) is 30.5 Å². The summed E-state index contributed by atoms with van der Waals surface area (Å²) in [7, 11) is 1.66. The first kappa shape index (κ1) is 18.4. The van der Waals surface area contributed by atoms with Crippen molar-refractivity contribution in [2.75, 3.05) is 12.8 Å². The number of methoxy groups -OCH3 is 1. The summed E-state index contributed by atoms with van der Waals surface area (Å²) < 4.78 is 7.38. The number of hydrogen-bond acceptors (Lipinski definition) is 4. The Morgan fingerprint density at radius 1 is 1.21 bits per heavy atom. The molecule has 1 aromatic carbocycles. The van der Waals surface area contributed by atoms with Crippen molar-refractivity contribution >= 4 is 11.2 Å². The lowest BCUT2D eigenvalue weighted by molar-refractivity contribution is 0.412. The molecule has 28 heavy (non-hydrogen) atoms. The normalized spacial score (nSPS) is 14.5. The maximum Gasteiger partial charge on any atom is 0.122 e. The number of benzene rings is 1. The third kappa shape index (κ3) is 2.63. The first-order valence-corrected chi connectivity index (χ1v) is 9.84. The third-order valence-electron chi connectivity index (χ3n) is 6.17. The highest BCUT2D eigenvalue weighted by Crippen LogP contribution is 2.42. The van der Waals surface area contributed by atoms with Gasteiger partial charge in [0.05, 0.1) is 29.7 Å². The minimum Gasteiger partial charge on any atom is -0.496 e. The average molecular weight is 374 g/mol. The van der Waals surface area contributed by atoms with Crippen LogP contribution >= 0.6 is 0 Å². The van der Waals surface area contributed by atoms with Gasteiger partial charge in [-0.2, -0.15) is 10.4 Å². The van der Waals surface area contributed by atoms with Crippen LogP contribution in [0.2, 0.25) is 0 Å². The summed E-state index contributed by atoms with van der Waals surface area (Å²) in [4.78, 5) is 0. The van der Waals surface area contributed by atoms with Gasteiger partial charge in [-0.15, -0.1) is 0 Å². The van der Waals surface area contributed by atoms with E-state index in [9.17, 15) is 5.26 Å². The monoisotopic (exact) mass is 374 g/mol.